The minimum absolute atomic E-state index is 2.36. The number of hydrogen-bond acceptors (Lipinski definition) is 3. The Balaban J connectivity index is 4.20. The van der Waals surface area contributed by atoms with Gasteiger partial charge in [-0.2, -0.15) is 0 Å². The molecule has 230 valence electrons. The van der Waals surface area contributed by atoms with Gasteiger partial charge < -0.3 is 0 Å². The summed E-state index contributed by atoms with van der Waals surface area (Å²) < 4.78 is 291. The summed E-state index contributed by atoms with van der Waals surface area (Å²) in [6, 6.07) is 0. The fourth-order valence-electron chi connectivity index (χ4n) is 1.90. The van der Waals surface area contributed by atoms with Crippen molar-refractivity contribution >= 4 is 30.4 Å². The van der Waals surface area contributed by atoms with E-state index >= 15 is 0 Å². The molecule has 0 atom stereocenters. The van der Waals surface area contributed by atoms with Crippen molar-refractivity contribution in [1.29, 1.82) is 0 Å². The number of rotatable bonds is 8. The molecule has 0 unspecified atom stereocenters. The number of alkyl halides is 17. The van der Waals surface area contributed by atoms with Crippen molar-refractivity contribution in [1.82, 2.24) is 0 Å². The van der Waals surface area contributed by atoms with Crippen LogP contribution in [0.5, 0.6) is 0 Å². The molecule has 0 aliphatic carbocycles. The van der Waals surface area contributed by atoms with E-state index in [-0.39, 0.29) is 0 Å². The van der Waals surface area contributed by atoms with Crippen LogP contribution in [0.4, 0.5) is 92.2 Å². The second kappa shape index (κ2) is 9.74. The molecule has 1 aromatic rings. The quantitative estimate of drug-likeness (QED) is 0.0688. The third-order valence-electron chi connectivity index (χ3n) is 3.87. The van der Waals surface area contributed by atoms with Gasteiger partial charge in [0, 0.05) is 0 Å². The summed E-state index contributed by atoms with van der Waals surface area (Å²) in [5.74, 6) is -53.3. The molecule has 0 amide bonds. The van der Waals surface area contributed by atoms with Gasteiger partial charge in [-0.25, -0.2) is 0 Å². The van der Waals surface area contributed by atoms with Gasteiger partial charge in [0.15, 0.2) is 0 Å². The van der Waals surface area contributed by atoms with Crippen molar-refractivity contribution in [3.63, 3.8) is 0 Å². The predicted octanol–water partition coefficient (Wildman–Crippen LogP) is 7.54. The molecule has 39 heavy (non-hydrogen) atoms. The van der Waals surface area contributed by atoms with Crippen LogP contribution in [-0.2, 0) is 12.6 Å². The van der Waals surface area contributed by atoms with E-state index in [4.69, 9.17) is 0 Å². The van der Waals surface area contributed by atoms with Gasteiger partial charge in [-0.1, -0.05) is 0 Å². The van der Waals surface area contributed by atoms with Crippen molar-refractivity contribution < 1.29 is 103 Å². The van der Waals surface area contributed by atoms with E-state index in [2.05, 4.69) is 2.51 Å². The fraction of sp³-hybridized carbons (Fsp3) is 0.538. The van der Waals surface area contributed by atoms with E-state index in [1.54, 1.807) is 0 Å². The third kappa shape index (κ3) is 5.15. The Kier molecular flexibility index (Phi) is 8.85. The molecule has 0 spiro atoms. The van der Waals surface area contributed by atoms with Gasteiger partial charge in [0.05, 0.1) is 0 Å². The molecule has 0 N–H and O–H groups in total. The molecular weight excluding hydrogens is 762 g/mol. The molecule has 0 fully saturated rings. The fourth-order valence-corrected chi connectivity index (χ4v) is 8.49. The molecule has 0 aliphatic rings. The average molecular weight is 762 g/mol. The van der Waals surface area contributed by atoms with Crippen molar-refractivity contribution in [2.24, 2.45) is 0 Å². The van der Waals surface area contributed by atoms with Crippen LogP contribution in [0.1, 0.15) is 0 Å². The van der Waals surface area contributed by atoms with Gasteiger partial charge in [-0.3, -0.25) is 0 Å². The average Bonchev–Trinajstić information content (AvgIpc) is 2.73. The zero-order chi connectivity index (χ0) is 31.7. The minimum atomic E-state index is -8.85. The number of halogens is 22. The Morgan fingerprint density at radius 1 is 0.487 bits per heavy atom. The molecule has 0 saturated carbocycles. The Bertz CT molecular complexity index is 1190. The van der Waals surface area contributed by atoms with Gasteiger partial charge >= 0.3 is 205 Å². The summed E-state index contributed by atoms with van der Waals surface area (Å²) in [6.07, 6.45) is -7.97. The first-order valence-corrected chi connectivity index (χ1v) is 12.4. The standard InChI is InChI=1S/C13F21IO3S/c14-1-2(15)4(17)6(5(18)3(1)16)35(38-39(36,37)13(32,33)34)12(30,31)10(25,26)8(21,22)7(19,20)9(23,24)11(27,28)29. The summed E-state index contributed by atoms with van der Waals surface area (Å²) in [6.45, 7) is 0. The number of hydrogen-bond donors (Lipinski definition) is 0. The van der Waals surface area contributed by atoms with Crippen LogP contribution < -0.4 is 0 Å². The molecule has 1 aromatic carbocycles. The molecular formula is C13F21IO3S. The summed E-state index contributed by atoms with van der Waals surface area (Å²) in [7, 11) is -8.07. The molecule has 1 rings (SSSR count). The van der Waals surface area contributed by atoms with Crippen LogP contribution in [0.3, 0.4) is 0 Å². The van der Waals surface area contributed by atoms with E-state index in [0.29, 0.717) is 0 Å². The Hall–Kier alpha value is -1.61. The molecule has 0 heterocycles. The maximum atomic E-state index is 14.5. The van der Waals surface area contributed by atoms with E-state index in [0.717, 1.165) is 0 Å². The first-order chi connectivity index (χ1) is 16.8. The van der Waals surface area contributed by atoms with Crippen LogP contribution in [0.2, 0.25) is 0 Å². The predicted molar refractivity (Wildman–Crippen MR) is 85.8 cm³/mol. The summed E-state index contributed by atoms with van der Waals surface area (Å²) in [4.78, 5) is 0. The summed E-state index contributed by atoms with van der Waals surface area (Å²) in [5, 5.41) is 0. The maximum absolute atomic E-state index is 14.5. The first kappa shape index (κ1) is 35.4. The van der Waals surface area contributed by atoms with Crippen LogP contribution in [0.25, 0.3) is 0 Å². The van der Waals surface area contributed by atoms with E-state index in [9.17, 15) is 101 Å². The van der Waals surface area contributed by atoms with Crippen molar-refractivity contribution in [3.8, 4) is 0 Å². The van der Waals surface area contributed by atoms with Crippen LogP contribution in [0, 0.1) is 32.7 Å². The van der Waals surface area contributed by atoms with Crippen LogP contribution in [-0.4, -0.2) is 47.7 Å². The van der Waals surface area contributed by atoms with Gasteiger partial charge in [-0.05, 0) is 0 Å². The Labute approximate surface area is 205 Å². The molecule has 0 aromatic heterocycles. The monoisotopic (exact) mass is 762 g/mol. The summed E-state index contributed by atoms with van der Waals surface area (Å²) >= 11 is -8.46. The first-order valence-electron chi connectivity index (χ1n) is 7.96. The van der Waals surface area contributed by atoms with E-state index in [1.165, 1.54) is 0 Å². The second-order valence-corrected chi connectivity index (χ2v) is 12.8. The molecule has 3 nitrogen and oxygen atoms in total. The van der Waals surface area contributed by atoms with Gasteiger partial charge in [0.1, 0.15) is 0 Å². The molecule has 0 aliphatic heterocycles. The summed E-state index contributed by atoms with van der Waals surface area (Å²) in [5.41, 5.74) is -7.19. The second-order valence-electron chi connectivity index (χ2n) is 6.39. The van der Waals surface area contributed by atoms with Crippen molar-refractivity contribution in [2.45, 2.75) is 39.3 Å². The van der Waals surface area contributed by atoms with Crippen LogP contribution >= 0.6 is 20.2 Å². The van der Waals surface area contributed by atoms with Gasteiger partial charge in [0.2, 0.25) is 0 Å². The third-order valence-corrected chi connectivity index (χ3v) is 11.1. The topological polar surface area (TPSA) is 43.4 Å². The SMILES string of the molecule is O=S(=O)(OI(c1c(F)c(F)c(F)c(F)c1F)C(F)(F)C(F)(F)C(F)(F)C(F)(F)C(F)(F)C(F)(F)F)C(F)(F)F. The zero-order valence-corrected chi connectivity index (χ0v) is 19.4. The van der Waals surface area contributed by atoms with Crippen molar-refractivity contribution in [2.75, 3.05) is 0 Å². The molecule has 0 radical (unpaired) electrons. The van der Waals surface area contributed by atoms with Gasteiger partial charge in [0.25, 0.3) is 0 Å². The molecule has 0 saturated heterocycles. The zero-order valence-electron chi connectivity index (χ0n) is 16.4. The van der Waals surface area contributed by atoms with Crippen LogP contribution in [0.15, 0.2) is 0 Å². The van der Waals surface area contributed by atoms with E-state index in [1.807, 2.05) is 0 Å². The molecule has 26 heteroatoms. The Morgan fingerprint density at radius 3 is 1.10 bits per heavy atom. The van der Waals surface area contributed by atoms with Crippen molar-refractivity contribution in [3.05, 3.63) is 32.7 Å². The Morgan fingerprint density at radius 2 is 0.795 bits per heavy atom. The van der Waals surface area contributed by atoms with Gasteiger partial charge in [-0.15, -0.1) is 0 Å². The molecule has 0 bridgehead atoms. The number of benzene rings is 1. The normalized spacial score (nSPS) is 15.6. The van der Waals surface area contributed by atoms with E-state index < -0.39 is 102 Å².